The lowest BCUT2D eigenvalue weighted by Crippen LogP contribution is -2.35. The second kappa shape index (κ2) is 6.42. The molecule has 0 aliphatic carbocycles. The van der Waals surface area contributed by atoms with Gasteiger partial charge in [0, 0.05) is 30.5 Å². The second-order valence-electron chi connectivity index (χ2n) is 7.56. The summed E-state index contributed by atoms with van der Waals surface area (Å²) in [5, 5.41) is 0. The van der Waals surface area contributed by atoms with Crippen LogP contribution in [0.1, 0.15) is 56.5 Å². The van der Waals surface area contributed by atoms with Gasteiger partial charge in [0.05, 0.1) is 5.69 Å². The second-order valence-corrected chi connectivity index (χ2v) is 7.56. The standard InChI is InChI=1S/C20H26N2O2/c1-14-17(24-19(21-14)20(2,3)4)11-12-18(23)22-13-7-9-15-8-5-6-10-16(15)22/h5-6,8,10H,7,9,11-13H2,1-4H3. The number of hydrogen-bond acceptors (Lipinski definition) is 3. The summed E-state index contributed by atoms with van der Waals surface area (Å²) < 4.78 is 5.90. The molecule has 0 bridgehead atoms. The molecule has 0 spiro atoms. The molecule has 0 saturated carbocycles. The van der Waals surface area contributed by atoms with Crippen LogP contribution in [0.25, 0.3) is 0 Å². The molecule has 1 aliphatic heterocycles. The first kappa shape index (κ1) is 16.7. The molecule has 3 rings (SSSR count). The third-order valence-electron chi connectivity index (χ3n) is 4.51. The van der Waals surface area contributed by atoms with Crippen molar-refractivity contribution in [1.82, 2.24) is 4.98 Å². The molecule has 0 fully saturated rings. The van der Waals surface area contributed by atoms with E-state index in [0.717, 1.165) is 42.4 Å². The van der Waals surface area contributed by atoms with Crippen LogP contribution in [-0.2, 0) is 23.1 Å². The zero-order valence-corrected chi connectivity index (χ0v) is 15.1. The Balaban J connectivity index is 1.70. The summed E-state index contributed by atoms with van der Waals surface area (Å²) in [5.41, 5.74) is 3.12. The summed E-state index contributed by atoms with van der Waals surface area (Å²) in [4.78, 5) is 19.2. The van der Waals surface area contributed by atoms with E-state index in [9.17, 15) is 4.79 Å². The van der Waals surface area contributed by atoms with Gasteiger partial charge in [-0.1, -0.05) is 39.0 Å². The van der Waals surface area contributed by atoms with Gasteiger partial charge in [-0.3, -0.25) is 4.79 Å². The van der Waals surface area contributed by atoms with E-state index in [2.05, 4.69) is 31.8 Å². The average Bonchev–Trinajstić information content (AvgIpc) is 2.93. The van der Waals surface area contributed by atoms with Crippen LogP contribution in [0.3, 0.4) is 0 Å². The molecule has 2 heterocycles. The number of nitrogens with zero attached hydrogens (tertiary/aromatic N) is 2. The van der Waals surface area contributed by atoms with E-state index in [1.807, 2.05) is 30.0 Å². The number of benzene rings is 1. The van der Waals surface area contributed by atoms with Crippen molar-refractivity contribution in [2.75, 3.05) is 11.4 Å². The molecular formula is C20H26N2O2. The number of aromatic nitrogens is 1. The molecule has 0 radical (unpaired) electrons. The molecule has 4 heteroatoms. The summed E-state index contributed by atoms with van der Waals surface area (Å²) in [5.74, 6) is 1.74. The minimum Gasteiger partial charge on any atom is -0.445 e. The molecule has 128 valence electrons. The number of hydrogen-bond donors (Lipinski definition) is 0. The molecule has 24 heavy (non-hydrogen) atoms. The lowest BCUT2D eigenvalue weighted by molar-refractivity contribution is -0.118. The minimum absolute atomic E-state index is 0.112. The van der Waals surface area contributed by atoms with Gasteiger partial charge in [-0.2, -0.15) is 0 Å². The van der Waals surface area contributed by atoms with Crippen LogP contribution in [-0.4, -0.2) is 17.4 Å². The Morgan fingerprint density at radius 1 is 1.29 bits per heavy atom. The number of carbonyl (C=O) groups is 1. The predicted octanol–water partition coefficient (Wildman–Crippen LogP) is 4.19. The van der Waals surface area contributed by atoms with Gasteiger partial charge in [0.1, 0.15) is 5.76 Å². The van der Waals surface area contributed by atoms with E-state index >= 15 is 0 Å². The summed E-state index contributed by atoms with van der Waals surface area (Å²) in [6, 6.07) is 8.20. The topological polar surface area (TPSA) is 46.3 Å². The maximum atomic E-state index is 12.7. The molecular weight excluding hydrogens is 300 g/mol. The highest BCUT2D eigenvalue weighted by atomic mass is 16.4. The van der Waals surface area contributed by atoms with Crippen molar-refractivity contribution in [1.29, 1.82) is 0 Å². The van der Waals surface area contributed by atoms with E-state index in [1.54, 1.807) is 0 Å². The Bertz CT molecular complexity index is 740. The highest BCUT2D eigenvalue weighted by molar-refractivity contribution is 5.94. The van der Waals surface area contributed by atoms with Crippen molar-refractivity contribution in [3.05, 3.63) is 47.2 Å². The Kier molecular flexibility index (Phi) is 4.48. The number of para-hydroxylation sites is 1. The first-order chi connectivity index (χ1) is 11.4. The van der Waals surface area contributed by atoms with Crippen LogP contribution in [0.2, 0.25) is 0 Å². The molecule has 2 aromatic rings. The fraction of sp³-hybridized carbons (Fsp3) is 0.500. The fourth-order valence-corrected chi connectivity index (χ4v) is 3.13. The molecule has 1 aromatic heterocycles. The largest absolute Gasteiger partial charge is 0.445 e. The lowest BCUT2D eigenvalue weighted by Gasteiger charge is -2.29. The predicted molar refractivity (Wildman–Crippen MR) is 95.4 cm³/mol. The van der Waals surface area contributed by atoms with Gasteiger partial charge in [-0.25, -0.2) is 4.98 Å². The number of carbonyl (C=O) groups excluding carboxylic acids is 1. The third-order valence-corrected chi connectivity index (χ3v) is 4.51. The maximum absolute atomic E-state index is 12.7. The van der Waals surface area contributed by atoms with Crippen LogP contribution in [0.4, 0.5) is 5.69 Å². The molecule has 0 atom stereocenters. The summed E-state index contributed by atoms with van der Waals surface area (Å²) in [6.07, 6.45) is 3.13. The smallest absolute Gasteiger partial charge is 0.227 e. The minimum atomic E-state index is -0.112. The van der Waals surface area contributed by atoms with Gasteiger partial charge in [0.25, 0.3) is 0 Å². The molecule has 0 N–H and O–H groups in total. The Labute approximate surface area is 143 Å². The number of aryl methyl sites for hydroxylation is 3. The number of amides is 1. The first-order valence-electron chi connectivity index (χ1n) is 8.71. The SMILES string of the molecule is Cc1nc(C(C)(C)C)oc1CCC(=O)N1CCCc2ccccc21. The fourth-order valence-electron chi connectivity index (χ4n) is 3.13. The molecule has 1 aliphatic rings. The highest BCUT2D eigenvalue weighted by Crippen LogP contribution is 2.28. The highest BCUT2D eigenvalue weighted by Gasteiger charge is 2.25. The molecule has 1 aromatic carbocycles. The zero-order chi connectivity index (χ0) is 17.3. The van der Waals surface area contributed by atoms with Crippen molar-refractivity contribution in [2.45, 2.75) is 58.8 Å². The Morgan fingerprint density at radius 3 is 2.75 bits per heavy atom. The van der Waals surface area contributed by atoms with Crippen molar-refractivity contribution < 1.29 is 9.21 Å². The van der Waals surface area contributed by atoms with E-state index in [0.29, 0.717) is 12.8 Å². The quantitative estimate of drug-likeness (QED) is 0.849. The third kappa shape index (κ3) is 3.37. The molecule has 0 saturated heterocycles. The van der Waals surface area contributed by atoms with Gasteiger partial charge < -0.3 is 9.32 Å². The molecule has 1 amide bonds. The summed E-state index contributed by atoms with van der Waals surface area (Å²) in [7, 11) is 0. The molecule has 0 unspecified atom stereocenters. The lowest BCUT2D eigenvalue weighted by atomic mass is 9.97. The first-order valence-corrected chi connectivity index (χ1v) is 8.71. The number of fused-ring (bicyclic) bond motifs is 1. The van der Waals surface area contributed by atoms with E-state index < -0.39 is 0 Å². The van der Waals surface area contributed by atoms with Crippen molar-refractivity contribution in [3.8, 4) is 0 Å². The van der Waals surface area contributed by atoms with Gasteiger partial charge in [-0.05, 0) is 31.4 Å². The van der Waals surface area contributed by atoms with E-state index in [4.69, 9.17) is 4.42 Å². The van der Waals surface area contributed by atoms with Crippen LogP contribution >= 0.6 is 0 Å². The maximum Gasteiger partial charge on any atom is 0.227 e. The van der Waals surface area contributed by atoms with Crippen LogP contribution < -0.4 is 4.90 Å². The van der Waals surface area contributed by atoms with Crippen molar-refractivity contribution in [3.63, 3.8) is 0 Å². The van der Waals surface area contributed by atoms with Gasteiger partial charge in [-0.15, -0.1) is 0 Å². The summed E-state index contributed by atoms with van der Waals surface area (Å²) >= 11 is 0. The Morgan fingerprint density at radius 2 is 2.04 bits per heavy atom. The molecule has 4 nitrogen and oxygen atoms in total. The average molecular weight is 326 g/mol. The van der Waals surface area contributed by atoms with Gasteiger partial charge in [0.2, 0.25) is 5.91 Å². The summed E-state index contributed by atoms with van der Waals surface area (Å²) in [6.45, 7) is 9.00. The van der Waals surface area contributed by atoms with Crippen molar-refractivity contribution in [2.24, 2.45) is 0 Å². The van der Waals surface area contributed by atoms with Gasteiger partial charge in [0.15, 0.2) is 5.89 Å². The van der Waals surface area contributed by atoms with Gasteiger partial charge >= 0.3 is 0 Å². The monoisotopic (exact) mass is 326 g/mol. The van der Waals surface area contributed by atoms with Crippen LogP contribution in [0.5, 0.6) is 0 Å². The zero-order valence-electron chi connectivity index (χ0n) is 15.1. The number of oxazole rings is 1. The van der Waals surface area contributed by atoms with E-state index in [-0.39, 0.29) is 11.3 Å². The van der Waals surface area contributed by atoms with Crippen LogP contribution in [0, 0.1) is 6.92 Å². The van der Waals surface area contributed by atoms with E-state index in [1.165, 1.54) is 5.56 Å². The van der Waals surface area contributed by atoms with Crippen LogP contribution in [0.15, 0.2) is 28.7 Å². The number of rotatable bonds is 3. The van der Waals surface area contributed by atoms with Crippen molar-refractivity contribution >= 4 is 11.6 Å². The number of anilines is 1. The Hall–Kier alpha value is -2.10. The normalized spacial score (nSPS) is 14.6.